The molecule has 1 amide bonds. The predicted molar refractivity (Wildman–Crippen MR) is 91.3 cm³/mol. The summed E-state index contributed by atoms with van der Waals surface area (Å²) in [6.45, 7) is 1.82. The molecule has 2 N–H and O–H groups in total. The van der Waals surface area contributed by atoms with E-state index in [0.29, 0.717) is 16.9 Å². The maximum Gasteiger partial charge on any atom is 0.254 e. The van der Waals surface area contributed by atoms with E-state index in [1.54, 1.807) is 55.5 Å². The second-order valence-corrected chi connectivity index (χ2v) is 7.00. The van der Waals surface area contributed by atoms with Crippen LogP contribution in [0.4, 0.5) is 0 Å². The first-order valence-corrected chi connectivity index (χ1v) is 8.82. The third kappa shape index (κ3) is 3.93. The molecule has 2 aromatic rings. The molecule has 0 saturated heterocycles. The molecule has 0 heterocycles. The van der Waals surface area contributed by atoms with Crippen molar-refractivity contribution in [1.29, 1.82) is 0 Å². The van der Waals surface area contributed by atoms with Gasteiger partial charge in [-0.2, -0.15) is 0 Å². The van der Waals surface area contributed by atoms with E-state index in [2.05, 4.69) is 0 Å². The molecular weight excluding hydrogens is 328 g/mol. The minimum atomic E-state index is -3.78. The molecule has 7 heteroatoms. The second-order valence-electron chi connectivity index (χ2n) is 5.44. The highest BCUT2D eigenvalue weighted by atomic mass is 32.2. The molecule has 0 aliphatic rings. The second kappa shape index (κ2) is 7.02. The van der Waals surface area contributed by atoms with Gasteiger partial charge in [0.1, 0.15) is 5.75 Å². The van der Waals surface area contributed by atoms with Crippen LogP contribution in [0.25, 0.3) is 0 Å². The number of ether oxygens (including phenoxy) is 1. The van der Waals surface area contributed by atoms with Crippen LogP contribution in [0.3, 0.4) is 0 Å². The zero-order valence-electron chi connectivity index (χ0n) is 13.8. The smallest absolute Gasteiger partial charge is 0.254 e. The van der Waals surface area contributed by atoms with Crippen LogP contribution in [0.5, 0.6) is 5.75 Å². The summed E-state index contributed by atoms with van der Waals surface area (Å²) in [6, 6.07) is 12.8. The Morgan fingerprint density at radius 2 is 1.79 bits per heavy atom. The summed E-state index contributed by atoms with van der Waals surface area (Å²) in [5, 5.41) is 5.16. The molecule has 0 unspecified atom stereocenters. The van der Waals surface area contributed by atoms with Crippen molar-refractivity contribution in [2.45, 2.75) is 17.9 Å². The van der Waals surface area contributed by atoms with Crippen molar-refractivity contribution in [3.63, 3.8) is 0 Å². The Kier molecular flexibility index (Phi) is 5.26. The Hall–Kier alpha value is -2.38. The van der Waals surface area contributed by atoms with Gasteiger partial charge in [-0.25, -0.2) is 13.6 Å². The number of primary sulfonamides is 1. The van der Waals surface area contributed by atoms with Gasteiger partial charge >= 0.3 is 0 Å². The number of rotatable bonds is 5. The zero-order chi connectivity index (χ0) is 17.9. The number of benzene rings is 2. The Labute approximate surface area is 141 Å². The largest absolute Gasteiger partial charge is 0.497 e. The van der Waals surface area contributed by atoms with E-state index < -0.39 is 10.0 Å². The van der Waals surface area contributed by atoms with Gasteiger partial charge in [0.05, 0.1) is 18.0 Å². The molecule has 0 spiro atoms. The van der Waals surface area contributed by atoms with Gasteiger partial charge in [0.25, 0.3) is 5.91 Å². The molecule has 0 bridgehead atoms. The number of nitrogens with zero attached hydrogens (tertiary/aromatic N) is 1. The van der Waals surface area contributed by atoms with Crippen molar-refractivity contribution >= 4 is 15.9 Å². The normalized spacial score (nSPS) is 12.5. The van der Waals surface area contributed by atoms with E-state index in [0.717, 1.165) is 0 Å². The Morgan fingerprint density at radius 1 is 1.17 bits per heavy atom. The first-order valence-electron chi connectivity index (χ1n) is 7.28. The lowest BCUT2D eigenvalue weighted by atomic mass is 10.1. The number of carbonyl (C=O) groups excluding carboxylic acids is 1. The molecule has 0 aromatic heterocycles. The van der Waals surface area contributed by atoms with Gasteiger partial charge in [0.15, 0.2) is 0 Å². The molecule has 0 aliphatic heterocycles. The minimum Gasteiger partial charge on any atom is -0.497 e. The SMILES string of the molecule is COc1ccc(C(=O)N(C)[C@@H](C)c2cccc(S(N)(=O)=O)c2)cc1. The van der Waals surface area contributed by atoms with Crippen LogP contribution >= 0.6 is 0 Å². The summed E-state index contributed by atoms with van der Waals surface area (Å²) in [5.41, 5.74) is 1.21. The van der Waals surface area contributed by atoms with E-state index >= 15 is 0 Å². The van der Waals surface area contributed by atoms with Gasteiger partial charge in [0, 0.05) is 12.6 Å². The van der Waals surface area contributed by atoms with E-state index in [9.17, 15) is 13.2 Å². The fourth-order valence-corrected chi connectivity index (χ4v) is 2.86. The van der Waals surface area contributed by atoms with Gasteiger partial charge in [-0.15, -0.1) is 0 Å². The molecule has 2 rings (SSSR count). The fourth-order valence-electron chi connectivity index (χ4n) is 2.29. The Bertz CT molecular complexity index is 832. The minimum absolute atomic E-state index is 0.0251. The summed E-state index contributed by atoms with van der Waals surface area (Å²) in [4.78, 5) is 14.2. The summed E-state index contributed by atoms with van der Waals surface area (Å²) in [5.74, 6) is 0.495. The van der Waals surface area contributed by atoms with Crippen molar-refractivity contribution in [3.8, 4) is 5.75 Å². The number of hydrogen-bond acceptors (Lipinski definition) is 4. The van der Waals surface area contributed by atoms with Crippen molar-refractivity contribution in [2.24, 2.45) is 5.14 Å². The number of sulfonamides is 1. The molecule has 0 fully saturated rings. The average molecular weight is 348 g/mol. The highest BCUT2D eigenvalue weighted by molar-refractivity contribution is 7.89. The Morgan fingerprint density at radius 3 is 2.33 bits per heavy atom. The fraction of sp³-hybridized carbons (Fsp3) is 0.235. The number of carbonyl (C=O) groups is 1. The number of nitrogens with two attached hydrogens (primary N) is 1. The molecule has 0 saturated carbocycles. The van der Waals surface area contributed by atoms with Gasteiger partial charge in [-0.05, 0) is 48.9 Å². The third-order valence-corrected chi connectivity index (χ3v) is 4.82. The van der Waals surface area contributed by atoms with Crippen molar-refractivity contribution < 1.29 is 17.9 Å². The third-order valence-electron chi connectivity index (χ3n) is 3.91. The molecule has 0 aliphatic carbocycles. The first-order chi connectivity index (χ1) is 11.2. The summed E-state index contributed by atoms with van der Waals surface area (Å²) >= 11 is 0. The number of methoxy groups -OCH3 is 1. The van der Waals surface area contributed by atoms with Crippen LogP contribution in [0, 0.1) is 0 Å². The van der Waals surface area contributed by atoms with Gasteiger partial charge < -0.3 is 9.64 Å². The molecule has 0 radical (unpaired) electrons. The van der Waals surface area contributed by atoms with Crippen LogP contribution in [0.15, 0.2) is 53.4 Å². The predicted octanol–water partition coefficient (Wildman–Crippen LogP) is 2.18. The van der Waals surface area contributed by atoms with Crippen molar-refractivity contribution in [2.75, 3.05) is 14.2 Å². The number of amides is 1. The topological polar surface area (TPSA) is 89.7 Å². The van der Waals surface area contributed by atoms with E-state index in [-0.39, 0.29) is 16.8 Å². The monoisotopic (exact) mass is 348 g/mol. The summed E-state index contributed by atoms with van der Waals surface area (Å²) in [7, 11) is -0.555. The van der Waals surface area contributed by atoms with Gasteiger partial charge in [-0.3, -0.25) is 4.79 Å². The highest BCUT2D eigenvalue weighted by Crippen LogP contribution is 2.23. The molecule has 1 atom stereocenters. The molecule has 24 heavy (non-hydrogen) atoms. The lowest BCUT2D eigenvalue weighted by molar-refractivity contribution is 0.0742. The molecule has 6 nitrogen and oxygen atoms in total. The Balaban J connectivity index is 2.25. The lowest BCUT2D eigenvalue weighted by Gasteiger charge is -2.25. The first kappa shape index (κ1) is 18.0. The van der Waals surface area contributed by atoms with Crippen molar-refractivity contribution in [3.05, 3.63) is 59.7 Å². The summed E-state index contributed by atoms with van der Waals surface area (Å²) < 4.78 is 28.0. The number of hydrogen-bond donors (Lipinski definition) is 1. The van der Waals surface area contributed by atoms with Crippen LogP contribution < -0.4 is 9.88 Å². The molecule has 2 aromatic carbocycles. The van der Waals surface area contributed by atoms with Crippen LogP contribution in [0.1, 0.15) is 28.9 Å². The van der Waals surface area contributed by atoms with Gasteiger partial charge in [-0.1, -0.05) is 12.1 Å². The van der Waals surface area contributed by atoms with E-state index in [1.165, 1.54) is 12.1 Å². The maximum atomic E-state index is 12.6. The average Bonchev–Trinajstić information content (AvgIpc) is 2.59. The quantitative estimate of drug-likeness (QED) is 0.897. The standard InChI is InChI=1S/C17H20N2O4S/c1-12(14-5-4-6-16(11-14)24(18,21)22)19(2)17(20)13-7-9-15(23-3)10-8-13/h4-12H,1-3H3,(H2,18,21,22)/t12-/m0/s1. The zero-order valence-corrected chi connectivity index (χ0v) is 14.6. The van der Waals surface area contributed by atoms with Crippen LogP contribution in [-0.2, 0) is 10.0 Å². The molecule has 128 valence electrons. The maximum absolute atomic E-state index is 12.6. The van der Waals surface area contributed by atoms with Crippen molar-refractivity contribution in [1.82, 2.24) is 4.90 Å². The van der Waals surface area contributed by atoms with E-state index in [1.807, 2.05) is 6.92 Å². The molecular formula is C17H20N2O4S. The van der Waals surface area contributed by atoms with Crippen LogP contribution in [0.2, 0.25) is 0 Å². The highest BCUT2D eigenvalue weighted by Gasteiger charge is 2.20. The summed E-state index contributed by atoms with van der Waals surface area (Å²) in [6.07, 6.45) is 0. The van der Waals surface area contributed by atoms with Gasteiger partial charge in [0.2, 0.25) is 10.0 Å². The van der Waals surface area contributed by atoms with Crippen LogP contribution in [-0.4, -0.2) is 33.4 Å². The lowest BCUT2D eigenvalue weighted by Crippen LogP contribution is -2.29. The van der Waals surface area contributed by atoms with E-state index in [4.69, 9.17) is 9.88 Å².